The molecule has 0 saturated heterocycles. The molecule has 1 heterocycles. The van der Waals surface area contributed by atoms with Gasteiger partial charge >= 0.3 is 5.97 Å². The summed E-state index contributed by atoms with van der Waals surface area (Å²) in [5, 5.41) is 9.26. The van der Waals surface area contributed by atoms with Gasteiger partial charge in [-0.3, -0.25) is 4.79 Å². The normalized spacial score (nSPS) is 17.2. The van der Waals surface area contributed by atoms with Crippen LogP contribution in [0.25, 0.3) is 0 Å². The van der Waals surface area contributed by atoms with Crippen LogP contribution in [-0.4, -0.2) is 29.1 Å². The molecule has 2 atom stereocenters. The summed E-state index contributed by atoms with van der Waals surface area (Å²) in [6, 6.07) is 13.5. The Morgan fingerprint density at radius 3 is 2.54 bits per heavy atom. The minimum atomic E-state index is -0.889. The average Bonchev–Trinajstić information content (AvgIpc) is 2.90. The quantitative estimate of drug-likeness (QED) is 0.881. The number of anilines is 1. The number of phenols is 1. The minimum Gasteiger partial charge on any atom is -0.508 e. The zero-order chi connectivity index (χ0) is 17.3. The Labute approximate surface area is 140 Å². The summed E-state index contributed by atoms with van der Waals surface area (Å²) < 4.78 is 5.30. The van der Waals surface area contributed by atoms with Crippen LogP contribution in [0.2, 0.25) is 0 Å². The SMILES string of the molecule is C[C@H](OC(=O)c1ccc(O)cc1)C(=O)N1c2ccccc2C[C@H]1C. The first-order valence-electron chi connectivity index (χ1n) is 7.88. The number of fused-ring (bicyclic) bond motifs is 1. The second-order valence-electron chi connectivity index (χ2n) is 5.98. The fraction of sp³-hybridized carbons (Fsp3) is 0.263. The Morgan fingerprint density at radius 1 is 1.17 bits per heavy atom. The third kappa shape index (κ3) is 2.97. The van der Waals surface area contributed by atoms with E-state index in [1.165, 1.54) is 24.3 Å². The van der Waals surface area contributed by atoms with E-state index >= 15 is 0 Å². The summed E-state index contributed by atoms with van der Waals surface area (Å²) in [5.41, 5.74) is 2.29. The lowest BCUT2D eigenvalue weighted by molar-refractivity contribution is -0.126. The van der Waals surface area contributed by atoms with Gasteiger partial charge in [-0.1, -0.05) is 18.2 Å². The van der Waals surface area contributed by atoms with Gasteiger partial charge in [-0.15, -0.1) is 0 Å². The fourth-order valence-electron chi connectivity index (χ4n) is 2.97. The van der Waals surface area contributed by atoms with Crippen molar-refractivity contribution in [3.8, 4) is 5.75 Å². The number of carbonyl (C=O) groups excluding carboxylic acids is 2. The summed E-state index contributed by atoms with van der Waals surface area (Å²) in [7, 11) is 0. The number of carbonyl (C=O) groups is 2. The highest BCUT2D eigenvalue weighted by atomic mass is 16.5. The number of phenolic OH excluding ortho intramolecular Hbond substituents is 1. The highest BCUT2D eigenvalue weighted by Gasteiger charge is 2.34. The fourth-order valence-corrected chi connectivity index (χ4v) is 2.97. The molecule has 5 heteroatoms. The van der Waals surface area contributed by atoms with Crippen LogP contribution in [0, 0.1) is 0 Å². The predicted octanol–water partition coefficient (Wildman–Crippen LogP) is 2.92. The van der Waals surface area contributed by atoms with Gasteiger partial charge in [0.1, 0.15) is 5.75 Å². The van der Waals surface area contributed by atoms with Crippen molar-refractivity contribution in [2.75, 3.05) is 4.90 Å². The van der Waals surface area contributed by atoms with E-state index in [4.69, 9.17) is 4.74 Å². The molecule has 0 bridgehead atoms. The van der Waals surface area contributed by atoms with Crippen LogP contribution in [0.15, 0.2) is 48.5 Å². The molecule has 0 spiro atoms. The van der Waals surface area contributed by atoms with Crippen molar-refractivity contribution in [3.63, 3.8) is 0 Å². The van der Waals surface area contributed by atoms with Crippen LogP contribution in [-0.2, 0) is 16.0 Å². The van der Waals surface area contributed by atoms with Crippen molar-refractivity contribution < 1.29 is 19.4 Å². The first-order chi connectivity index (χ1) is 11.5. The second kappa shape index (κ2) is 6.35. The maximum absolute atomic E-state index is 12.7. The van der Waals surface area contributed by atoms with Crippen LogP contribution in [0.5, 0.6) is 5.75 Å². The molecule has 5 nitrogen and oxygen atoms in total. The number of rotatable bonds is 3. The van der Waals surface area contributed by atoms with Gasteiger partial charge in [-0.25, -0.2) is 4.79 Å². The topological polar surface area (TPSA) is 66.8 Å². The van der Waals surface area contributed by atoms with E-state index in [1.54, 1.807) is 11.8 Å². The van der Waals surface area contributed by atoms with Crippen molar-refractivity contribution in [3.05, 3.63) is 59.7 Å². The number of aromatic hydroxyl groups is 1. The third-order valence-electron chi connectivity index (χ3n) is 4.18. The predicted molar refractivity (Wildman–Crippen MR) is 90.1 cm³/mol. The van der Waals surface area contributed by atoms with E-state index in [0.29, 0.717) is 5.56 Å². The van der Waals surface area contributed by atoms with Gasteiger partial charge in [-0.05, 0) is 56.2 Å². The summed E-state index contributed by atoms with van der Waals surface area (Å²) in [6.45, 7) is 3.56. The maximum Gasteiger partial charge on any atom is 0.338 e. The van der Waals surface area contributed by atoms with E-state index in [1.807, 2.05) is 31.2 Å². The lowest BCUT2D eigenvalue weighted by Crippen LogP contribution is -2.43. The number of benzene rings is 2. The molecule has 0 saturated carbocycles. The summed E-state index contributed by atoms with van der Waals surface area (Å²) >= 11 is 0. The molecule has 2 aromatic carbocycles. The molecule has 1 amide bonds. The Bertz CT molecular complexity index is 769. The Morgan fingerprint density at radius 2 is 1.83 bits per heavy atom. The molecular formula is C19H19NO4. The van der Waals surface area contributed by atoms with Crippen LogP contribution in [0.3, 0.4) is 0 Å². The minimum absolute atomic E-state index is 0.0322. The van der Waals surface area contributed by atoms with Crippen LogP contribution in [0.4, 0.5) is 5.69 Å². The largest absolute Gasteiger partial charge is 0.508 e. The van der Waals surface area contributed by atoms with Crippen LogP contribution < -0.4 is 4.90 Å². The van der Waals surface area contributed by atoms with Crippen LogP contribution in [0.1, 0.15) is 29.8 Å². The maximum atomic E-state index is 12.7. The van der Waals surface area contributed by atoms with Gasteiger partial charge in [0.2, 0.25) is 0 Å². The number of para-hydroxylation sites is 1. The molecular weight excluding hydrogens is 306 g/mol. The Kier molecular flexibility index (Phi) is 4.25. The monoisotopic (exact) mass is 325 g/mol. The molecule has 0 aromatic heterocycles. The van der Waals surface area contributed by atoms with Gasteiger partial charge in [0.25, 0.3) is 5.91 Å². The molecule has 2 aromatic rings. The van der Waals surface area contributed by atoms with E-state index in [2.05, 4.69) is 0 Å². The number of nitrogens with zero attached hydrogens (tertiary/aromatic N) is 1. The van der Waals surface area contributed by atoms with E-state index in [0.717, 1.165) is 17.7 Å². The standard InChI is InChI=1S/C19H19NO4/c1-12-11-15-5-3-4-6-17(15)20(12)18(22)13(2)24-19(23)14-7-9-16(21)10-8-14/h3-10,12-13,21H,11H2,1-2H3/t12-,13+/m1/s1. The van der Waals surface area contributed by atoms with Crippen molar-refractivity contribution in [2.24, 2.45) is 0 Å². The van der Waals surface area contributed by atoms with Gasteiger partial charge in [-0.2, -0.15) is 0 Å². The Balaban J connectivity index is 1.73. The van der Waals surface area contributed by atoms with E-state index in [9.17, 15) is 14.7 Å². The first-order valence-corrected chi connectivity index (χ1v) is 7.88. The molecule has 1 N–H and O–H groups in total. The third-order valence-corrected chi connectivity index (χ3v) is 4.18. The molecule has 24 heavy (non-hydrogen) atoms. The zero-order valence-corrected chi connectivity index (χ0v) is 13.6. The number of hydrogen-bond donors (Lipinski definition) is 1. The molecule has 1 aliphatic heterocycles. The molecule has 1 aliphatic rings. The van der Waals surface area contributed by atoms with Gasteiger partial charge in [0.05, 0.1) is 5.56 Å². The summed E-state index contributed by atoms with van der Waals surface area (Å²) in [5.74, 6) is -0.756. The number of esters is 1. The Hall–Kier alpha value is -2.82. The lowest BCUT2D eigenvalue weighted by Gasteiger charge is -2.25. The van der Waals surface area contributed by atoms with E-state index < -0.39 is 12.1 Å². The molecule has 0 fully saturated rings. The average molecular weight is 325 g/mol. The highest BCUT2D eigenvalue weighted by Crippen LogP contribution is 2.32. The summed E-state index contributed by atoms with van der Waals surface area (Å²) in [6.07, 6.45) is -0.0968. The van der Waals surface area contributed by atoms with Crippen molar-refractivity contribution in [1.82, 2.24) is 0 Å². The molecule has 124 valence electrons. The molecule has 0 unspecified atom stereocenters. The second-order valence-corrected chi connectivity index (χ2v) is 5.98. The lowest BCUT2D eigenvalue weighted by atomic mass is 10.1. The van der Waals surface area contributed by atoms with Crippen LogP contribution >= 0.6 is 0 Å². The molecule has 0 aliphatic carbocycles. The molecule has 3 rings (SSSR count). The van der Waals surface area contributed by atoms with E-state index in [-0.39, 0.29) is 17.7 Å². The van der Waals surface area contributed by atoms with Gasteiger partial charge in [0.15, 0.2) is 6.10 Å². The highest BCUT2D eigenvalue weighted by molar-refractivity contribution is 6.00. The first kappa shape index (κ1) is 16.1. The number of hydrogen-bond acceptors (Lipinski definition) is 4. The zero-order valence-electron chi connectivity index (χ0n) is 13.6. The smallest absolute Gasteiger partial charge is 0.338 e. The number of amides is 1. The summed E-state index contributed by atoms with van der Waals surface area (Å²) in [4.78, 5) is 26.6. The van der Waals surface area contributed by atoms with Crippen molar-refractivity contribution in [1.29, 1.82) is 0 Å². The molecule has 0 radical (unpaired) electrons. The number of ether oxygens (including phenoxy) is 1. The van der Waals surface area contributed by atoms with Crippen molar-refractivity contribution in [2.45, 2.75) is 32.4 Å². The van der Waals surface area contributed by atoms with Crippen molar-refractivity contribution >= 4 is 17.6 Å². The van der Waals surface area contributed by atoms with Gasteiger partial charge < -0.3 is 14.7 Å². The van der Waals surface area contributed by atoms with Gasteiger partial charge in [0, 0.05) is 11.7 Å².